The van der Waals surface area contributed by atoms with E-state index in [0.29, 0.717) is 15.9 Å². The highest BCUT2D eigenvalue weighted by atomic mass is 79.9. The van der Waals surface area contributed by atoms with E-state index in [1.165, 1.54) is 6.07 Å². The fourth-order valence-electron chi connectivity index (χ4n) is 1.27. The zero-order valence-corrected chi connectivity index (χ0v) is 10.5. The number of aromatic nitrogens is 2. The van der Waals surface area contributed by atoms with Gasteiger partial charge in [0.2, 0.25) is 5.89 Å². The minimum Gasteiger partial charge on any atom is -0.420 e. The molecule has 5 heteroatoms. The van der Waals surface area contributed by atoms with Crippen LogP contribution < -0.4 is 0 Å². The van der Waals surface area contributed by atoms with Crippen LogP contribution in [0.25, 0.3) is 11.5 Å². The first-order chi connectivity index (χ1) is 7.59. The van der Waals surface area contributed by atoms with Crippen molar-refractivity contribution in [3.63, 3.8) is 0 Å². The minimum absolute atomic E-state index is 0.131. The third-order valence-electron chi connectivity index (χ3n) is 2.11. The van der Waals surface area contributed by atoms with Gasteiger partial charge in [-0.3, -0.25) is 0 Å². The molecule has 0 saturated carbocycles. The zero-order valence-electron chi connectivity index (χ0n) is 8.87. The molecule has 1 aromatic carbocycles. The van der Waals surface area contributed by atoms with Crippen LogP contribution in [-0.2, 0) is 0 Å². The second-order valence-corrected chi connectivity index (χ2v) is 4.55. The van der Waals surface area contributed by atoms with E-state index in [0.717, 1.165) is 0 Å². The lowest BCUT2D eigenvalue weighted by atomic mass is 10.2. The average Bonchev–Trinajstić information content (AvgIpc) is 2.66. The summed E-state index contributed by atoms with van der Waals surface area (Å²) < 4.78 is 19.6. The molecule has 16 heavy (non-hydrogen) atoms. The molecule has 0 fully saturated rings. The highest BCUT2D eigenvalue weighted by molar-refractivity contribution is 9.10. The van der Waals surface area contributed by atoms with Crippen LogP contribution >= 0.6 is 15.9 Å². The summed E-state index contributed by atoms with van der Waals surface area (Å²) >= 11 is 3.26. The van der Waals surface area contributed by atoms with Gasteiger partial charge in [0.05, 0.1) is 5.56 Å². The Morgan fingerprint density at radius 1 is 1.31 bits per heavy atom. The van der Waals surface area contributed by atoms with Crippen molar-refractivity contribution in [2.45, 2.75) is 19.8 Å². The summed E-state index contributed by atoms with van der Waals surface area (Å²) in [5, 5.41) is 7.71. The average molecular weight is 285 g/mol. The molecule has 0 aliphatic heterocycles. The maximum Gasteiger partial charge on any atom is 0.251 e. The van der Waals surface area contributed by atoms with Gasteiger partial charge < -0.3 is 4.42 Å². The number of hydrogen-bond donors (Lipinski definition) is 0. The first kappa shape index (κ1) is 11.3. The maximum atomic E-state index is 13.6. The zero-order chi connectivity index (χ0) is 11.7. The molecule has 1 aromatic heterocycles. The predicted octanol–water partition coefficient (Wildman–Crippen LogP) is 3.76. The van der Waals surface area contributed by atoms with Gasteiger partial charge in [-0.1, -0.05) is 19.9 Å². The first-order valence-electron chi connectivity index (χ1n) is 4.87. The molecule has 0 amide bonds. The van der Waals surface area contributed by atoms with Crippen LogP contribution in [0.2, 0.25) is 0 Å². The van der Waals surface area contributed by atoms with Crippen molar-refractivity contribution in [3.8, 4) is 11.5 Å². The lowest BCUT2D eigenvalue weighted by Crippen LogP contribution is -1.85. The molecule has 0 radical (unpaired) electrons. The Hall–Kier alpha value is -1.23. The fourth-order valence-corrected chi connectivity index (χ4v) is 1.78. The van der Waals surface area contributed by atoms with Gasteiger partial charge in [-0.15, -0.1) is 10.2 Å². The number of benzene rings is 1. The SMILES string of the molecule is CC(C)c1nnc(-c2c(F)cccc2Br)o1. The van der Waals surface area contributed by atoms with Crippen LogP contribution in [0.4, 0.5) is 4.39 Å². The standard InChI is InChI=1S/C11H10BrFN2O/c1-6(2)10-14-15-11(16-10)9-7(12)4-3-5-8(9)13/h3-6H,1-2H3. The number of hydrogen-bond acceptors (Lipinski definition) is 3. The molecule has 0 unspecified atom stereocenters. The minimum atomic E-state index is -0.381. The van der Waals surface area contributed by atoms with Crippen molar-refractivity contribution >= 4 is 15.9 Å². The van der Waals surface area contributed by atoms with Crippen molar-refractivity contribution in [1.82, 2.24) is 10.2 Å². The summed E-state index contributed by atoms with van der Waals surface area (Å²) in [6, 6.07) is 4.71. The molecule has 2 aromatic rings. The van der Waals surface area contributed by atoms with E-state index in [2.05, 4.69) is 26.1 Å². The lowest BCUT2D eigenvalue weighted by molar-refractivity contribution is 0.477. The summed E-state index contributed by atoms with van der Waals surface area (Å²) in [7, 11) is 0. The van der Waals surface area contributed by atoms with E-state index in [9.17, 15) is 4.39 Å². The number of nitrogens with zero attached hydrogens (tertiary/aromatic N) is 2. The highest BCUT2D eigenvalue weighted by Crippen LogP contribution is 2.30. The molecule has 0 aliphatic carbocycles. The second kappa shape index (κ2) is 4.33. The lowest BCUT2D eigenvalue weighted by Gasteiger charge is -2.00. The van der Waals surface area contributed by atoms with E-state index in [4.69, 9.17) is 4.42 Å². The molecule has 0 bridgehead atoms. The van der Waals surface area contributed by atoms with Crippen LogP contribution in [0.5, 0.6) is 0 Å². The van der Waals surface area contributed by atoms with Crippen molar-refractivity contribution in [2.75, 3.05) is 0 Å². The number of rotatable bonds is 2. The van der Waals surface area contributed by atoms with Crippen molar-refractivity contribution < 1.29 is 8.81 Å². The molecule has 0 spiro atoms. The van der Waals surface area contributed by atoms with Gasteiger partial charge in [0.25, 0.3) is 5.89 Å². The normalized spacial score (nSPS) is 11.1. The van der Waals surface area contributed by atoms with Gasteiger partial charge in [0, 0.05) is 10.4 Å². The molecule has 0 aliphatic rings. The quantitative estimate of drug-likeness (QED) is 0.843. The van der Waals surface area contributed by atoms with Gasteiger partial charge in [0.1, 0.15) is 5.82 Å². The molecule has 0 atom stereocenters. The van der Waals surface area contributed by atoms with Gasteiger partial charge in [-0.05, 0) is 28.1 Å². The Bertz CT molecular complexity index is 490. The molecule has 84 valence electrons. The first-order valence-corrected chi connectivity index (χ1v) is 5.66. The Labute approximate surface area is 101 Å². The highest BCUT2D eigenvalue weighted by Gasteiger charge is 2.17. The summed E-state index contributed by atoms with van der Waals surface area (Å²) in [4.78, 5) is 0. The van der Waals surface area contributed by atoms with Crippen molar-refractivity contribution in [1.29, 1.82) is 0 Å². The Morgan fingerprint density at radius 2 is 2.06 bits per heavy atom. The van der Waals surface area contributed by atoms with E-state index in [1.54, 1.807) is 12.1 Å². The van der Waals surface area contributed by atoms with Crippen LogP contribution in [0, 0.1) is 5.82 Å². The van der Waals surface area contributed by atoms with E-state index < -0.39 is 0 Å². The van der Waals surface area contributed by atoms with E-state index in [1.807, 2.05) is 13.8 Å². The van der Waals surface area contributed by atoms with Gasteiger partial charge in [-0.2, -0.15) is 0 Å². The van der Waals surface area contributed by atoms with E-state index in [-0.39, 0.29) is 17.6 Å². The molecule has 2 rings (SSSR count). The van der Waals surface area contributed by atoms with Gasteiger partial charge >= 0.3 is 0 Å². The van der Waals surface area contributed by atoms with Crippen LogP contribution in [0.3, 0.4) is 0 Å². The van der Waals surface area contributed by atoms with Gasteiger partial charge in [0.15, 0.2) is 0 Å². The summed E-state index contributed by atoms with van der Waals surface area (Å²) in [6.45, 7) is 3.88. The Morgan fingerprint density at radius 3 is 2.62 bits per heavy atom. The third-order valence-corrected chi connectivity index (χ3v) is 2.77. The van der Waals surface area contributed by atoms with E-state index >= 15 is 0 Å². The molecular formula is C11H10BrFN2O. The molecule has 3 nitrogen and oxygen atoms in total. The Kier molecular flexibility index (Phi) is 3.05. The van der Waals surface area contributed by atoms with Crippen LogP contribution in [0.15, 0.2) is 27.1 Å². The monoisotopic (exact) mass is 284 g/mol. The summed E-state index contributed by atoms with van der Waals surface area (Å²) in [5.41, 5.74) is 0.307. The molecule has 0 N–H and O–H groups in total. The topological polar surface area (TPSA) is 38.9 Å². The predicted molar refractivity (Wildman–Crippen MR) is 61.5 cm³/mol. The van der Waals surface area contributed by atoms with Crippen LogP contribution in [-0.4, -0.2) is 10.2 Å². The second-order valence-electron chi connectivity index (χ2n) is 3.70. The van der Waals surface area contributed by atoms with Crippen molar-refractivity contribution in [3.05, 3.63) is 34.4 Å². The third kappa shape index (κ3) is 2.00. The molecule has 1 heterocycles. The Balaban J connectivity index is 2.50. The summed E-state index contributed by atoms with van der Waals surface area (Å²) in [6.07, 6.45) is 0. The largest absolute Gasteiger partial charge is 0.420 e. The number of halogens is 2. The fraction of sp³-hybridized carbons (Fsp3) is 0.273. The molecular weight excluding hydrogens is 275 g/mol. The molecule has 0 saturated heterocycles. The summed E-state index contributed by atoms with van der Waals surface area (Å²) in [5.74, 6) is 0.457. The maximum absolute atomic E-state index is 13.6. The smallest absolute Gasteiger partial charge is 0.251 e. The van der Waals surface area contributed by atoms with Crippen LogP contribution in [0.1, 0.15) is 25.7 Å². The van der Waals surface area contributed by atoms with Gasteiger partial charge in [-0.25, -0.2) is 4.39 Å². The van der Waals surface area contributed by atoms with Crippen molar-refractivity contribution in [2.24, 2.45) is 0 Å².